The van der Waals surface area contributed by atoms with Gasteiger partial charge in [0.2, 0.25) is 5.43 Å². The van der Waals surface area contributed by atoms with Gasteiger partial charge in [-0.15, -0.1) is 0 Å². The molecule has 244 valence electrons. The standard InChI is InChI=1S/C34H29F2NO10.2K/c1-19-4-2-3-5-28(19)45-10-8-44-9-11-46-31-12-20(6-7-25(31)37(17-32(40)41)18-33(42)43)34-21-13-23(35)26(38)15-29(21)47-30-16-27(39)24(36)14-22(30)34;;/h2-7,12-16,38H,8-11,17-18H2,1H3,(H,40,41)(H,42,43);;/q;2*+1/p-2. The molecule has 15 heteroatoms. The third-order valence-corrected chi connectivity index (χ3v) is 7.13. The zero-order chi connectivity index (χ0) is 33.7. The summed E-state index contributed by atoms with van der Waals surface area (Å²) in [7, 11) is 0. The van der Waals surface area contributed by atoms with Crippen LogP contribution in [0, 0.1) is 18.6 Å². The molecule has 0 radical (unpaired) electrons. The molecule has 5 rings (SSSR count). The normalized spacial score (nSPS) is 10.7. The molecule has 1 N–H and O–H groups in total. The average Bonchev–Trinajstić information content (AvgIpc) is 3.01. The Morgan fingerprint density at radius 2 is 1.49 bits per heavy atom. The maximum absolute atomic E-state index is 14.6. The molecule has 0 fully saturated rings. The minimum absolute atomic E-state index is 0. The number of fused-ring (bicyclic) bond motifs is 2. The van der Waals surface area contributed by atoms with Crippen LogP contribution in [-0.2, 0) is 14.3 Å². The molecule has 11 nitrogen and oxygen atoms in total. The largest absolute Gasteiger partial charge is 1.00 e. The Bertz CT molecular complexity index is 1970. The fraction of sp³-hybridized carbons (Fsp3) is 0.206. The number of nitrogens with zero attached hydrogens (tertiary/aromatic N) is 1. The van der Waals surface area contributed by atoms with E-state index in [4.69, 9.17) is 18.6 Å². The molecule has 0 saturated carbocycles. The number of aryl methyl sites for hydroxylation is 1. The number of benzene rings is 4. The molecule has 0 unspecified atom stereocenters. The average molecular weight is 726 g/mol. The Morgan fingerprint density at radius 3 is 2.14 bits per heavy atom. The molecular weight excluding hydrogens is 699 g/mol. The quantitative estimate of drug-likeness (QED) is 0.0692. The van der Waals surface area contributed by atoms with E-state index in [9.17, 15) is 38.5 Å². The van der Waals surface area contributed by atoms with Gasteiger partial charge in [0.1, 0.15) is 36.1 Å². The van der Waals surface area contributed by atoms with E-state index < -0.39 is 47.8 Å². The van der Waals surface area contributed by atoms with Crippen LogP contribution in [-0.4, -0.2) is 56.6 Å². The van der Waals surface area contributed by atoms with Crippen molar-refractivity contribution in [2.24, 2.45) is 0 Å². The van der Waals surface area contributed by atoms with Crippen LogP contribution >= 0.6 is 0 Å². The van der Waals surface area contributed by atoms with Crippen LogP contribution < -0.4 is 133 Å². The summed E-state index contributed by atoms with van der Waals surface area (Å²) in [5, 5.41) is 33.1. The number of carboxylic acid groups (broad SMARTS) is 2. The zero-order valence-electron chi connectivity index (χ0n) is 26.9. The molecule has 0 aromatic heterocycles. The SMILES string of the molecule is Cc1ccccc1OCCOCCOc1cc(-c2c3cc(F)c(=O)cc-3oc3cc(O)c(F)cc23)ccc1N(CC(=O)[O-])CC(=O)[O-].[K+].[K+]. The van der Waals surface area contributed by atoms with Crippen LogP contribution in [0.2, 0.25) is 0 Å². The van der Waals surface area contributed by atoms with Crippen molar-refractivity contribution in [2.45, 2.75) is 6.92 Å². The van der Waals surface area contributed by atoms with Gasteiger partial charge in [0, 0.05) is 28.6 Å². The Hall–Kier alpha value is -2.42. The molecular formula is C34H27F2K2NO10. The van der Waals surface area contributed by atoms with Gasteiger partial charge < -0.3 is 48.4 Å². The van der Waals surface area contributed by atoms with Crippen molar-refractivity contribution >= 4 is 28.6 Å². The minimum atomic E-state index is -1.57. The number of phenolic OH excluding ortho intramolecular Hbond substituents is 1. The van der Waals surface area contributed by atoms with E-state index in [0.29, 0.717) is 5.75 Å². The summed E-state index contributed by atoms with van der Waals surface area (Å²) in [5.74, 6) is -5.32. The fourth-order valence-corrected chi connectivity index (χ4v) is 5.04. The predicted octanol–water partition coefficient (Wildman–Crippen LogP) is -3.35. The van der Waals surface area contributed by atoms with Crippen LogP contribution in [0.3, 0.4) is 0 Å². The molecule has 1 aliphatic carbocycles. The number of ether oxygens (including phenoxy) is 3. The zero-order valence-corrected chi connectivity index (χ0v) is 33.2. The number of halogens is 2. The molecule has 3 aromatic rings. The minimum Gasteiger partial charge on any atom is -0.548 e. The molecule has 2 aliphatic rings. The van der Waals surface area contributed by atoms with Crippen molar-refractivity contribution in [3.8, 4) is 39.7 Å². The topological polar surface area (TPSA) is 162 Å². The number of hydrogen-bond donors (Lipinski definition) is 1. The van der Waals surface area contributed by atoms with Gasteiger partial charge in [0.25, 0.3) is 0 Å². The number of rotatable bonds is 14. The van der Waals surface area contributed by atoms with Crippen molar-refractivity contribution in [3.63, 3.8) is 0 Å². The maximum Gasteiger partial charge on any atom is 1.00 e. The van der Waals surface area contributed by atoms with Crippen LogP contribution in [0.25, 0.3) is 33.4 Å². The van der Waals surface area contributed by atoms with Crippen LogP contribution in [0.1, 0.15) is 5.56 Å². The first-order chi connectivity index (χ1) is 22.5. The van der Waals surface area contributed by atoms with Gasteiger partial charge >= 0.3 is 103 Å². The third kappa shape index (κ3) is 10.3. The molecule has 0 atom stereocenters. The molecule has 49 heavy (non-hydrogen) atoms. The number of carboxylic acids is 2. The van der Waals surface area contributed by atoms with Gasteiger partial charge in [-0.05, 0) is 48.4 Å². The van der Waals surface area contributed by atoms with Crippen molar-refractivity contribution in [2.75, 3.05) is 44.4 Å². The Morgan fingerprint density at radius 1 is 0.837 bits per heavy atom. The van der Waals surface area contributed by atoms with E-state index in [1.807, 2.05) is 31.2 Å². The smallest absolute Gasteiger partial charge is 0.548 e. The van der Waals surface area contributed by atoms with Crippen LogP contribution in [0.5, 0.6) is 17.2 Å². The number of para-hydroxylation sites is 1. The molecule has 1 heterocycles. The number of carbonyl (C=O) groups is 2. The first-order valence-electron chi connectivity index (χ1n) is 14.3. The number of phenols is 1. The molecule has 0 saturated heterocycles. The first kappa shape index (κ1) is 41.0. The molecule has 0 spiro atoms. The second-order valence-corrected chi connectivity index (χ2v) is 10.4. The second kappa shape index (κ2) is 18.7. The van der Waals surface area contributed by atoms with Crippen LogP contribution in [0.4, 0.5) is 14.5 Å². The summed E-state index contributed by atoms with van der Waals surface area (Å²) >= 11 is 0. The molecule has 1 aliphatic heterocycles. The van der Waals surface area contributed by atoms with Crippen molar-refractivity contribution in [1.29, 1.82) is 0 Å². The van der Waals surface area contributed by atoms with E-state index in [1.54, 1.807) is 0 Å². The predicted molar refractivity (Wildman–Crippen MR) is 161 cm³/mol. The first-order valence-corrected chi connectivity index (χ1v) is 14.3. The van der Waals surface area contributed by atoms with Gasteiger partial charge in [0.05, 0.1) is 43.9 Å². The second-order valence-electron chi connectivity index (χ2n) is 10.4. The number of anilines is 1. The summed E-state index contributed by atoms with van der Waals surface area (Å²) in [6.45, 7) is 0.705. The van der Waals surface area contributed by atoms with Crippen molar-refractivity contribution in [3.05, 3.63) is 94.2 Å². The molecule has 3 aromatic carbocycles. The summed E-state index contributed by atoms with van der Waals surface area (Å²) in [5.41, 5.74) is 0.554. The maximum atomic E-state index is 14.6. The number of aromatic hydroxyl groups is 1. The van der Waals surface area contributed by atoms with E-state index in [0.717, 1.165) is 34.7 Å². The van der Waals surface area contributed by atoms with Gasteiger partial charge in [-0.1, -0.05) is 24.3 Å². The van der Waals surface area contributed by atoms with E-state index >= 15 is 0 Å². The van der Waals surface area contributed by atoms with Gasteiger partial charge in [0.15, 0.2) is 17.4 Å². The summed E-state index contributed by atoms with van der Waals surface area (Å²) in [6.07, 6.45) is 0. The van der Waals surface area contributed by atoms with Gasteiger partial charge in [-0.3, -0.25) is 4.79 Å². The van der Waals surface area contributed by atoms with Crippen LogP contribution in [0.15, 0.2) is 75.9 Å². The summed E-state index contributed by atoms with van der Waals surface area (Å²) < 4.78 is 52.1. The van der Waals surface area contributed by atoms with Gasteiger partial charge in [-0.25, -0.2) is 8.78 Å². The Balaban J connectivity index is 0.00000325. The van der Waals surface area contributed by atoms with E-state index in [2.05, 4.69) is 0 Å². The summed E-state index contributed by atoms with van der Waals surface area (Å²) in [4.78, 5) is 36.0. The van der Waals surface area contributed by atoms with E-state index in [1.165, 1.54) is 18.2 Å². The third-order valence-electron chi connectivity index (χ3n) is 7.13. The van der Waals surface area contributed by atoms with E-state index in [-0.39, 0.29) is 174 Å². The number of hydrogen-bond acceptors (Lipinski definition) is 11. The van der Waals surface area contributed by atoms with Gasteiger partial charge in [-0.2, -0.15) is 0 Å². The monoisotopic (exact) mass is 725 g/mol. The molecule has 0 bridgehead atoms. The molecule has 0 amide bonds. The summed E-state index contributed by atoms with van der Waals surface area (Å²) in [6, 6.07) is 15.5. The van der Waals surface area contributed by atoms with Crippen molar-refractivity contribution in [1.82, 2.24) is 0 Å². The van der Waals surface area contributed by atoms with Crippen molar-refractivity contribution < 1.29 is 155 Å². The fourth-order valence-electron chi connectivity index (χ4n) is 5.04. The number of aliphatic carboxylic acids is 2. The Kier molecular flexibility index (Phi) is 15.7. The Labute approximate surface area is 363 Å². The number of carbonyl (C=O) groups excluding carboxylic acids is 2.